The standard InChI is InChI=1S/C20H25ClN4O3/c1-20(28,14-5-6-14)12-23-19(27)16-11-22-18(25(2)9-10-26)17(24-16)13-3-7-15(21)8-4-13/h3-4,7-8,11,14,26,28H,5-6,9-10,12H2,1-2H3,(H,23,27)/t20-/m0/s1. The summed E-state index contributed by atoms with van der Waals surface area (Å²) in [6.45, 7) is 2.26. The van der Waals surface area contributed by atoms with Crippen LogP contribution in [0.2, 0.25) is 5.02 Å². The van der Waals surface area contributed by atoms with E-state index in [1.807, 2.05) is 12.1 Å². The lowest BCUT2D eigenvalue weighted by Crippen LogP contribution is -2.42. The van der Waals surface area contributed by atoms with E-state index in [0.29, 0.717) is 23.1 Å². The number of benzene rings is 1. The van der Waals surface area contributed by atoms with Crippen LogP contribution in [0, 0.1) is 5.92 Å². The quantitative estimate of drug-likeness (QED) is 0.623. The normalized spacial score (nSPS) is 15.8. The summed E-state index contributed by atoms with van der Waals surface area (Å²) in [7, 11) is 1.80. The zero-order valence-electron chi connectivity index (χ0n) is 16.0. The predicted molar refractivity (Wildman–Crippen MR) is 109 cm³/mol. The van der Waals surface area contributed by atoms with Gasteiger partial charge in [-0.15, -0.1) is 0 Å². The van der Waals surface area contributed by atoms with Gasteiger partial charge in [0.05, 0.1) is 18.4 Å². The van der Waals surface area contributed by atoms with Crippen molar-refractivity contribution in [1.29, 1.82) is 0 Å². The van der Waals surface area contributed by atoms with Crippen LogP contribution in [0.25, 0.3) is 11.3 Å². The third-order valence-corrected chi connectivity index (χ3v) is 5.22. The number of nitrogens with zero attached hydrogens (tertiary/aromatic N) is 3. The predicted octanol–water partition coefficient (Wildman–Crippen LogP) is 2.12. The Balaban J connectivity index is 1.87. The highest BCUT2D eigenvalue weighted by molar-refractivity contribution is 6.30. The molecule has 1 amide bonds. The summed E-state index contributed by atoms with van der Waals surface area (Å²) in [4.78, 5) is 23.3. The smallest absolute Gasteiger partial charge is 0.271 e. The van der Waals surface area contributed by atoms with E-state index in [2.05, 4.69) is 15.3 Å². The lowest BCUT2D eigenvalue weighted by atomic mass is 10.0. The van der Waals surface area contributed by atoms with Crippen molar-refractivity contribution in [3.63, 3.8) is 0 Å². The van der Waals surface area contributed by atoms with Crippen molar-refractivity contribution in [3.05, 3.63) is 41.2 Å². The minimum atomic E-state index is -0.913. The molecule has 0 unspecified atom stereocenters. The van der Waals surface area contributed by atoms with E-state index in [9.17, 15) is 15.0 Å². The van der Waals surface area contributed by atoms with E-state index in [1.165, 1.54) is 6.20 Å². The Bertz CT molecular complexity index is 838. The molecule has 3 N–H and O–H groups in total. The van der Waals surface area contributed by atoms with E-state index in [4.69, 9.17) is 11.6 Å². The summed E-state index contributed by atoms with van der Waals surface area (Å²) >= 11 is 5.98. The average molecular weight is 405 g/mol. The number of carbonyl (C=O) groups is 1. The van der Waals surface area contributed by atoms with Gasteiger partial charge >= 0.3 is 0 Å². The fourth-order valence-electron chi connectivity index (χ4n) is 3.03. The Morgan fingerprint density at radius 3 is 2.64 bits per heavy atom. The minimum absolute atomic E-state index is 0.0310. The zero-order valence-corrected chi connectivity index (χ0v) is 16.8. The largest absolute Gasteiger partial charge is 0.395 e. The van der Waals surface area contributed by atoms with Crippen LogP contribution in [0.3, 0.4) is 0 Å². The van der Waals surface area contributed by atoms with Crippen molar-refractivity contribution in [2.45, 2.75) is 25.4 Å². The van der Waals surface area contributed by atoms with Gasteiger partial charge in [0.15, 0.2) is 5.82 Å². The molecule has 150 valence electrons. The van der Waals surface area contributed by atoms with Crippen molar-refractivity contribution in [2.75, 3.05) is 31.6 Å². The SMILES string of the molecule is CN(CCO)c1ncc(C(=O)NC[C@](C)(O)C2CC2)nc1-c1ccc(Cl)cc1. The van der Waals surface area contributed by atoms with Crippen molar-refractivity contribution in [1.82, 2.24) is 15.3 Å². The van der Waals surface area contributed by atoms with Crippen LogP contribution in [0.1, 0.15) is 30.3 Å². The first-order valence-corrected chi connectivity index (χ1v) is 9.65. The van der Waals surface area contributed by atoms with Gasteiger partial charge in [-0.25, -0.2) is 9.97 Å². The van der Waals surface area contributed by atoms with Crippen LogP contribution in [-0.4, -0.2) is 58.4 Å². The fraction of sp³-hybridized carbons (Fsp3) is 0.450. The second-order valence-electron chi connectivity index (χ2n) is 7.39. The topological polar surface area (TPSA) is 98.6 Å². The second kappa shape index (κ2) is 8.43. The van der Waals surface area contributed by atoms with Crippen LogP contribution in [0.4, 0.5) is 5.82 Å². The van der Waals surface area contributed by atoms with Crippen LogP contribution in [-0.2, 0) is 0 Å². The molecule has 1 heterocycles. The number of nitrogens with one attached hydrogen (secondary N) is 1. The van der Waals surface area contributed by atoms with Gasteiger partial charge in [0.2, 0.25) is 0 Å². The Hall–Kier alpha value is -2.22. The van der Waals surface area contributed by atoms with Gasteiger partial charge in [-0.05, 0) is 37.8 Å². The van der Waals surface area contributed by atoms with Crippen LogP contribution < -0.4 is 10.2 Å². The third-order valence-electron chi connectivity index (χ3n) is 4.96. The van der Waals surface area contributed by atoms with E-state index in [1.54, 1.807) is 31.0 Å². The molecule has 28 heavy (non-hydrogen) atoms. The number of aliphatic hydroxyl groups excluding tert-OH is 1. The molecule has 8 heteroatoms. The molecule has 3 rings (SSSR count). The molecule has 7 nitrogen and oxygen atoms in total. The summed E-state index contributed by atoms with van der Waals surface area (Å²) in [5.74, 6) is 0.399. The summed E-state index contributed by atoms with van der Waals surface area (Å²) < 4.78 is 0. The molecule has 0 bridgehead atoms. The van der Waals surface area contributed by atoms with Crippen molar-refractivity contribution in [3.8, 4) is 11.3 Å². The number of likely N-dealkylation sites (N-methyl/N-ethyl adjacent to an activating group) is 1. The number of hydrogen-bond donors (Lipinski definition) is 3. The third kappa shape index (κ3) is 4.79. The number of amides is 1. The molecule has 1 aromatic carbocycles. The van der Waals surface area contributed by atoms with Gasteiger partial charge < -0.3 is 20.4 Å². The van der Waals surface area contributed by atoms with Gasteiger partial charge in [-0.1, -0.05) is 23.7 Å². The molecule has 1 fully saturated rings. The molecule has 0 saturated heterocycles. The van der Waals surface area contributed by atoms with Crippen molar-refractivity contribution in [2.24, 2.45) is 5.92 Å². The molecular formula is C20H25ClN4O3. The highest BCUT2D eigenvalue weighted by atomic mass is 35.5. The Morgan fingerprint density at radius 1 is 1.36 bits per heavy atom. The molecule has 0 aliphatic heterocycles. The van der Waals surface area contributed by atoms with Gasteiger partial charge in [0.25, 0.3) is 5.91 Å². The lowest BCUT2D eigenvalue weighted by Gasteiger charge is -2.23. The second-order valence-corrected chi connectivity index (χ2v) is 7.83. The first kappa shape index (κ1) is 20.5. The summed E-state index contributed by atoms with van der Waals surface area (Å²) in [5, 5.41) is 23.0. The number of aromatic nitrogens is 2. The number of aliphatic hydroxyl groups is 2. The zero-order chi connectivity index (χ0) is 20.3. The highest BCUT2D eigenvalue weighted by Gasteiger charge is 2.40. The van der Waals surface area contributed by atoms with Crippen molar-refractivity contribution >= 4 is 23.3 Å². The molecular weight excluding hydrogens is 380 g/mol. The number of hydrogen-bond acceptors (Lipinski definition) is 6. The Kier molecular flexibility index (Phi) is 6.17. The Labute approximate surface area is 169 Å². The molecule has 1 aromatic heterocycles. The maximum absolute atomic E-state index is 12.6. The van der Waals surface area contributed by atoms with Gasteiger partial charge in [-0.2, -0.15) is 0 Å². The lowest BCUT2D eigenvalue weighted by molar-refractivity contribution is 0.0353. The first-order chi connectivity index (χ1) is 13.3. The van der Waals surface area contributed by atoms with Gasteiger partial charge in [0.1, 0.15) is 11.4 Å². The van der Waals surface area contributed by atoms with Crippen LogP contribution >= 0.6 is 11.6 Å². The maximum Gasteiger partial charge on any atom is 0.271 e. The molecule has 1 aliphatic carbocycles. The number of carbonyl (C=O) groups excluding carboxylic acids is 1. The number of halogens is 1. The molecule has 1 atom stereocenters. The number of anilines is 1. The molecule has 1 aliphatic rings. The Morgan fingerprint density at radius 2 is 2.04 bits per heavy atom. The molecule has 0 radical (unpaired) electrons. The van der Waals surface area contributed by atoms with E-state index in [-0.39, 0.29) is 30.7 Å². The average Bonchev–Trinajstić information content (AvgIpc) is 3.52. The van der Waals surface area contributed by atoms with Crippen LogP contribution in [0.5, 0.6) is 0 Å². The molecule has 1 saturated carbocycles. The summed E-state index contributed by atoms with van der Waals surface area (Å²) in [6, 6.07) is 7.10. The van der Waals surface area contributed by atoms with Crippen molar-refractivity contribution < 1.29 is 15.0 Å². The fourth-order valence-corrected chi connectivity index (χ4v) is 3.15. The summed E-state index contributed by atoms with van der Waals surface area (Å²) in [5.41, 5.74) is 0.534. The summed E-state index contributed by atoms with van der Waals surface area (Å²) in [6.07, 6.45) is 3.37. The van der Waals surface area contributed by atoms with E-state index in [0.717, 1.165) is 18.4 Å². The molecule has 2 aromatic rings. The van der Waals surface area contributed by atoms with Gasteiger partial charge in [-0.3, -0.25) is 4.79 Å². The monoisotopic (exact) mass is 404 g/mol. The van der Waals surface area contributed by atoms with Crippen LogP contribution in [0.15, 0.2) is 30.5 Å². The highest BCUT2D eigenvalue weighted by Crippen LogP contribution is 2.39. The van der Waals surface area contributed by atoms with E-state index < -0.39 is 5.60 Å². The maximum atomic E-state index is 12.6. The first-order valence-electron chi connectivity index (χ1n) is 9.27. The molecule has 0 spiro atoms. The van der Waals surface area contributed by atoms with Gasteiger partial charge in [0, 0.05) is 30.7 Å². The van der Waals surface area contributed by atoms with E-state index >= 15 is 0 Å². The minimum Gasteiger partial charge on any atom is -0.395 e. The number of rotatable bonds is 8.